The topological polar surface area (TPSA) is 46.2 Å². The summed E-state index contributed by atoms with van der Waals surface area (Å²) in [5, 5.41) is 8.59. The van der Waals surface area contributed by atoms with Crippen LogP contribution in [-0.4, -0.2) is 11.7 Å². The van der Waals surface area contributed by atoms with Crippen molar-refractivity contribution in [1.29, 1.82) is 0 Å². The summed E-state index contributed by atoms with van der Waals surface area (Å²) in [6.45, 7) is -0.0184. The summed E-state index contributed by atoms with van der Waals surface area (Å²) in [6.07, 6.45) is 8.39. The van der Waals surface area contributed by atoms with Gasteiger partial charge in [-0.3, -0.25) is 0 Å². The Kier molecular flexibility index (Phi) is 6.38. The van der Waals surface area contributed by atoms with E-state index in [9.17, 15) is 4.39 Å². The standard InChI is InChI=1S/C9H12FNO.C2H2/c10-8-4-2-1-3-7(8)9(11)5-6-12;1-2/h1-4,9,12H,5-6,11H2;1-2H. The van der Waals surface area contributed by atoms with Gasteiger partial charge in [0.05, 0.1) is 0 Å². The van der Waals surface area contributed by atoms with Gasteiger partial charge in [0, 0.05) is 18.2 Å². The molecule has 3 heteroatoms. The van der Waals surface area contributed by atoms with Gasteiger partial charge >= 0.3 is 0 Å². The van der Waals surface area contributed by atoms with Gasteiger partial charge in [0.25, 0.3) is 0 Å². The fourth-order valence-corrected chi connectivity index (χ4v) is 1.07. The van der Waals surface area contributed by atoms with Crippen molar-refractivity contribution in [1.82, 2.24) is 0 Å². The van der Waals surface area contributed by atoms with Gasteiger partial charge in [0.15, 0.2) is 0 Å². The first-order valence-corrected chi connectivity index (χ1v) is 4.20. The van der Waals surface area contributed by atoms with Crippen LogP contribution in [0.1, 0.15) is 18.0 Å². The number of aliphatic hydroxyl groups excluding tert-OH is 1. The molecule has 0 bridgehead atoms. The van der Waals surface area contributed by atoms with Crippen LogP contribution in [0.5, 0.6) is 0 Å². The van der Waals surface area contributed by atoms with Crippen molar-refractivity contribution in [2.24, 2.45) is 5.73 Å². The number of hydrogen-bond donors (Lipinski definition) is 2. The first kappa shape index (κ1) is 12.6. The zero-order valence-electron chi connectivity index (χ0n) is 7.86. The van der Waals surface area contributed by atoms with Crippen LogP contribution in [0.4, 0.5) is 4.39 Å². The maximum Gasteiger partial charge on any atom is 0.127 e. The average Bonchev–Trinajstić information content (AvgIpc) is 2.22. The largest absolute Gasteiger partial charge is 0.396 e. The lowest BCUT2D eigenvalue weighted by Gasteiger charge is -2.10. The second kappa shape index (κ2) is 7.07. The number of nitrogens with two attached hydrogens (primary N) is 1. The molecule has 76 valence electrons. The van der Waals surface area contributed by atoms with Crippen molar-refractivity contribution in [3.63, 3.8) is 0 Å². The monoisotopic (exact) mass is 195 g/mol. The Labute approximate surface area is 83.6 Å². The second-order valence-electron chi connectivity index (χ2n) is 2.64. The van der Waals surface area contributed by atoms with E-state index in [4.69, 9.17) is 10.8 Å². The predicted molar refractivity (Wildman–Crippen MR) is 54.9 cm³/mol. The molecule has 0 spiro atoms. The van der Waals surface area contributed by atoms with Crippen LogP contribution in [0.15, 0.2) is 24.3 Å². The molecule has 3 N–H and O–H groups in total. The third-order valence-electron chi connectivity index (χ3n) is 1.74. The van der Waals surface area contributed by atoms with Crippen LogP contribution in [-0.2, 0) is 0 Å². The fourth-order valence-electron chi connectivity index (χ4n) is 1.07. The maximum atomic E-state index is 13.0. The minimum Gasteiger partial charge on any atom is -0.396 e. The van der Waals surface area contributed by atoms with Crippen molar-refractivity contribution >= 4 is 0 Å². The van der Waals surface area contributed by atoms with Gasteiger partial charge in [-0.1, -0.05) is 18.2 Å². The molecule has 1 rings (SSSR count). The normalized spacial score (nSPS) is 11.2. The lowest BCUT2D eigenvalue weighted by Crippen LogP contribution is -2.13. The highest BCUT2D eigenvalue weighted by Gasteiger charge is 2.08. The van der Waals surface area contributed by atoms with E-state index in [0.717, 1.165) is 0 Å². The predicted octanol–water partition coefficient (Wildman–Crippen LogP) is 1.46. The molecule has 1 aromatic rings. The zero-order valence-corrected chi connectivity index (χ0v) is 7.86. The summed E-state index contributed by atoms with van der Waals surface area (Å²) in [4.78, 5) is 0. The lowest BCUT2D eigenvalue weighted by molar-refractivity contribution is 0.275. The number of rotatable bonds is 3. The molecule has 1 unspecified atom stereocenters. The molecule has 0 aliphatic rings. The quantitative estimate of drug-likeness (QED) is 0.717. The van der Waals surface area contributed by atoms with Crippen molar-refractivity contribution in [2.75, 3.05) is 6.61 Å². The Morgan fingerprint density at radius 1 is 1.36 bits per heavy atom. The molecule has 0 aliphatic carbocycles. The van der Waals surface area contributed by atoms with Gasteiger partial charge < -0.3 is 10.8 Å². The molecule has 1 atom stereocenters. The number of benzene rings is 1. The van der Waals surface area contributed by atoms with Gasteiger partial charge in [-0.05, 0) is 12.5 Å². The van der Waals surface area contributed by atoms with E-state index < -0.39 is 6.04 Å². The number of hydrogen-bond acceptors (Lipinski definition) is 2. The second-order valence-corrected chi connectivity index (χ2v) is 2.64. The van der Waals surface area contributed by atoms with Crippen LogP contribution < -0.4 is 5.73 Å². The molecule has 1 aromatic carbocycles. The minimum absolute atomic E-state index is 0.0184. The highest BCUT2D eigenvalue weighted by molar-refractivity contribution is 5.20. The molecule has 2 nitrogen and oxygen atoms in total. The number of halogens is 1. The number of terminal acetylenes is 1. The summed E-state index contributed by atoms with van der Waals surface area (Å²) in [6, 6.07) is 5.94. The molecule has 0 fully saturated rings. The molecule has 0 heterocycles. The number of aliphatic hydroxyl groups is 1. The molecule has 14 heavy (non-hydrogen) atoms. The minimum atomic E-state index is -0.406. The molecule has 0 saturated carbocycles. The van der Waals surface area contributed by atoms with Crippen LogP contribution >= 0.6 is 0 Å². The van der Waals surface area contributed by atoms with Gasteiger partial charge in [-0.25, -0.2) is 4.39 Å². The van der Waals surface area contributed by atoms with Crippen LogP contribution in [0.25, 0.3) is 0 Å². The van der Waals surface area contributed by atoms with Gasteiger partial charge in [0.2, 0.25) is 0 Å². The highest BCUT2D eigenvalue weighted by Crippen LogP contribution is 2.16. The molecule has 0 radical (unpaired) electrons. The summed E-state index contributed by atoms with van der Waals surface area (Å²) >= 11 is 0. The smallest absolute Gasteiger partial charge is 0.127 e. The summed E-state index contributed by atoms with van der Waals surface area (Å²) in [5.74, 6) is -0.307. The average molecular weight is 195 g/mol. The maximum absolute atomic E-state index is 13.0. The van der Waals surface area contributed by atoms with Crippen molar-refractivity contribution in [2.45, 2.75) is 12.5 Å². The van der Waals surface area contributed by atoms with Crippen LogP contribution in [0.2, 0.25) is 0 Å². The molecule has 0 aliphatic heterocycles. The van der Waals surface area contributed by atoms with Crippen LogP contribution in [0, 0.1) is 18.7 Å². The van der Waals surface area contributed by atoms with E-state index in [1.807, 2.05) is 0 Å². The van der Waals surface area contributed by atoms with E-state index >= 15 is 0 Å². The van der Waals surface area contributed by atoms with Gasteiger partial charge in [0.1, 0.15) is 5.82 Å². The molecular formula is C11H14FNO. The highest BCUT2D eigenvalue weighted by atomic mass is 19.1. The SMILES string of the molecule is C#C.NC(CCO)c1ccccc1F. The van der Waals surface area contributed by atoms with Crippen molar-refractivity contribution in [3.8, 4) is 12.8 Å². The Morgan fingerprint density at radius 2 is 1.93 bits per heavy atom. The van der Waals surface area contributed by atoms with Gasteiger partial charge in [-0.2, -0.15) is 0 Å². The molecular weight excluding hydrogens is 181 g/mol. The third-order valence-corrected chi connectivity index (χ3v) is 1.74. The van der Waals surface area contributed by atoms with Crippen LogP contribution in [0.3, 0.4) is 0 Å². The molecule has 0 saturated heterocycles. The van der Waals surface area contributed by atoms with E-state index in [1.165, 1.54) is 6.07 Å². The molecule has 0 aromatic heterocycles. The lowest BCUT2D eigenvalue weighted by atomic mass is 10.0. The first-order chi connectivity index (χ1) is 6.75. The Balaban J connectivity index is 0.000000791. The zero-order chi connectivity index (χ0) is 11.0. The van der Waals surface area contributed by atoms with E-state index in [-0.39, 0.29) is 12.4 Å². The Morgan fingerprint density at radius 3 is 2.43 bits per heavy atom. The third kappa shape index (κ3) is 3.56. The Hall–Kier alpha value is -1.37. The van der Waals surface area contributed by atoms with E-state index in [0.29, 0.717) is 12.0 Å². The summed E-state index contributed by atoms with van der Waals surface area (Å²) < 4.78 is 13.0. The molecule has 0 amide bonds. The summed E-state index contributed by atoms with van der Waals surface area (Å²) in [5.41, 5.74) is 6.07. The fraction of sp³-hybridized carbons (Fsp3) is 0.273. The summed E-state index contributed by atoms with van der Waals surface area (Å²) in [7, 11) is 0. The van der Waals surface area contributed by atoms with E-state index in [1.54, 1.807) is 18.2 Å². The first-order valence-electron chi connectivity index (χ1n) is 4.20. The van der Waals surface area contributed by atoms with Crippen molar-refractivity contribution < 1.29 is 9.50 Å². The van der Waals surface area contributed by atoms with E-state index in [2.05, 4.69) is 12.8 Å². The van der Waals surface area contributed by atoms with Crippen molar-refractivity contribution in [3.05, 3.63) is 35.6 Å². The van der Waals surface area contributed by atoms with Gasteiger partial charge in [-0.15, -0.1) is 12.8 Å². The Bertz CT molecular complexity index is 286.